The van der Waals surface area contributed by atoms with Gasteiger partial charge in [0, 0.05) is 5.56 Å². The minimum absolute atomic E-state index is 0.00350. The first-order valence-corrected chi connectivity index (χ1v) is 10.2. The predicted molar refractivity (Wildman–Crippen MR) is 107 cm³/mol. The highest BCUT2D eigenvalue weighted by Gasteiger charge is 2.38. The number of carbonyl (C=O) groups is 3. The monoisotopic (exact) mass is 456 g/mol. The molecule has 2 aromatic rings. The first kappa shape index (κ1) is 22.2. The van der Waals surface area contributed by atoms with Crippen LogP contribution in [-0.2, 0) is 16.0 Å². The number of Topliss-reactive ketones (excluding diaryl/α,β-unsaturated/α-hetero) is 1. The lowest BCUT2D eigenvalue weighted by atomic mass is 10.1. The van der Waals surface area contributed by atoms with Gasteiger partial charge in [0.15, 0.2) is 17.2 Å². The second-order valence-electron chi connectivity index (χ2n) is 6.65. The molecular formula is C20H19Cl2FN2O5. The van der Waals surface area contributed by atoms with Crippen molar-refractivity contribution in [1.82, 2.24) is 9.78 Å². The molecule has 3 rings (SSSR count). The first-order valence-electron chi connectivity index (χ1n) is 9.41. The average molecular weight is 457 g/mol. The van der Waals surface area contributed by atoms with Crippen LogP contribution in [0.5, 0.6) is 0 Å². The minimum Gasteiger partial charge on any atom is -0.461 e. The molecular weight excluding hydrogens is 438 g/mol. The summed E-state index contributed by atoms with van der Waals surface area (Å²) < 4.78 is 25.5. The molecule has 1 heterocycles. The van der Waals surface area contributed by atoms with Crippen molar-refractivity contribution in [1.29, 1.82) is 0 Å². The summed E-state index contributed by atoms with van der Waals surface area (Å²) in [6.45, 7) is 3.00. The van der Waals surface area contributed by atoms with E-state index < -0.39 is 30.1 Å². The second kappa shape index (κ2) is 9.14. The second-order valence-corrected chi connectivity index (χ2v) is 7.47. The number of hydrogen-bond acceptors (Lipinski definition) is 6. The van der Waals surface area contributed by atoms with Crippen molar-refractivity contribution in [3.63, 3.8) is 0 Å². The number of ketones is 1. The van der Waals surface area contributed by atoms with Crippen molar-refractivity contribution >= 4 is 40.9 Å². The van der Waals surface area contributed by atoms with Gasteiger partial charge in [0.1, 0.15) is 12.4 Å². The number of halogens is 3. The maximum atomic E-state index is 14.3. The van der Waals surface area contributed by atoms with E-state index in [0.717, 1.165) is 29.7 Å². The van der Waals surface area contributed by atoms with Gasteiger partial charge in [-0.3, -0.25) is 4.79 Å². The highest BCUT2D eigenvalue weighted by atomic mass is 35.5. The zero-order valence-corrected chi connectivity index (χ0v) is 17.8. The molecule has 0 atom stereocenters. The lowest BCUT2D eigenvalue weighted by molar-refractivity contribution is 0.0505. The molecule has 0 radical (unpaired) electrons. The summed E-state index contributed by atoms with van der Waals surface area (Å²) in [5.74, 6) is -3.03. The van der Waals surface area contributed by atoms with Gasteiger partial charge in [-0.25, -0.2) is 18.7 Å². The molecule has 160 valence electrons. The summed E-state index contributed by atoms with van der Waals surface area (Å²) >= 11 is 11.7. The molecule has 0 bridgehead atoms. The van der Waals surface area contributed by atoms with E-state index in [1.54, 1.807) is 13.8 Å². The van der Waals surface area contributed by atoms with E-state index in [9.17, 15) is 18.8 Å². The van der Waals surface area contributed by atoms with Gasteiger partial charge in [0.2, 0.25) is 0 Å². The van der Waals surface area contributed by atoms with Crippen LogP contribution in [0.3, 0.4) is 0 Å². The van der Waals surface area contributed by atoms with Crippen LogP contribution in [-0.4, -0.2) is 40.7 Å². The topological polar surface area (TPSA) is 87.5 Å². The lowest BCUT2D eigenvalue weighted by Crippen LogP contribution is -2.20. The fourth-order valence-corrected chi connectivity index (χ4v) is 3.39. The highest BCUT2D eigenvalue weighted by molar-refractivity contribution is 6.42. The SMILES string of the molecule is CCOC(=O)c1nn(CC(=O)c2cc(Cl)c(Cl)cc2F)c(C(=O)OCC)c1C1CC1. The molecule has 0 saturated heterocycles. The molecule has 1 saturated carbocycles. The smallest absolute Gasteiger partial charge is 0.359 e. The Hall–Kier alpha value is -2.45. The Morgan fingerprint density at radius 2 is 1.70 bits per heavy atom. The summed E-state index contributed by atoms with van der Waals surface area (Å²) in [7, 11) is 0. The molecule has 7 nitrogen and oxygen atoms in total. The van der Waals surface area contributed by atoms with Crippen LogP contribution in [0, 0.1) is 5.82 Å². The predicted octanol–water partition coefficient (Wildman–Crippen LogP) is 4.44. The molecule has 0 aliphatic heterocycles. The van der Waals surface area contributed by atoms with Gasteiger partial charge in [-0.15, -0.1) is 0 Å². The van der Waals surface area contributed by atoms with E-state index in [1.165, 1.54) is 0 Å². The van der Waals surface area contributed by atoms with Crippen LogP contribution in [0.4, 0.5) is 4.39 Å². The van der Waals surface area contributed by atoms with E-state index in [2.05, 4.69) is 5.10 Å². The number of benzene rings is 1. The highest BCUT2D eigenvalue weighted by Crippen LogP contribution is 2.44. The van der Waals surface area contributed by atoms with Gasteiger partial charge in [-0.2, -0.15) is 5.10 Å². The summed E-state index contributed by atoms with van der Waals surface area (Å²) in [6, 6.07) is 2.05. The Morgan fingerprint density at radius 1 is 1.10 bits per heavy atom. The summed E-state index contributed by atoms with van der Waals surface area (Å²) in [4.78, 5) is 37.8. The largest absolute Gasteiger partial charge is 0.461 e. The molecule has 1 aromatic heterocycles. The summed E-state index contributed by atoms with van der Waals surface area (Å²) in [5.41, 5.74) is 0.0516. The van der Waals surface area contributed by atoms with E-state index in [-0.39, 0.29) is 46.1 Å². The molecule has 30 heavy (non-hydrogen) atoms. The van der Waals surface area contributed by atoms with Crippen LogP contribution in [0.25, 0.3) is 0 Å². The Morgan fingerprint density at radius 3 is 2.30 bits per heavy atom. The standard InChI is InChI=1S/C20H19Cl2FN2O5/c1-3-29-19(27)17-16(10-5-6-10)18(20(28)30-4-2)25(24-17)9-15(26)11-7-12(21)13(22)8-14(11)23/h7-8,10H,3-6,9H2,1-2H3. The van der Waals surface area contributed by atoms with Crippen molar-refractivity contribution in [2.45, 2.75) is 39.2 Å². The zero-order chi connectivity index (χ0) is 22.0. The number of carbonyl (C=O) groups excluding carboxylic acids is 3. The quantitative estimate of drug-likeness (QED) is 0.331. The van der Waals surface area contributed by atoms with Gasteiger partial charge in [0.05, 0.1) is 28.8 Å². The van der Waals surface area contributed by atoms with E-state index in [4.69, 9.17) is 32.7 Å². The van der Waals surface area contributed by atoms with Gasteiger partial charge in [-0.05, 0) is 44.7 Å². The summed E-state index contributed by atoms with van der Waals surface area (Å²) in [6.07, 6.45) is 1.53. The number of nitrogens with zero attached hydrogens (tertiary/aromatic N) is 2. The third kappa shape index (κ3) is 4.49. The fourth-order valence-electron chi connectivity index (χ4n) is 3.07. The maximum Gasteiger partial charge on any atom is 0.359 e. The van der Waals surface area contributed by atoms with Crippen LogP contribution < -0.4 is 0 Å². The van der Waals surface area contributed by atoms with Crippen molar-refractivity contribution < 1.29 is 28.2 Å². The van der Waals surface area contributed by atoms with Crippen molar-refractivity contribution in [2.24, 2.45) is 0 Å². The Labute approximate surface area is 182 Å². The number of aromatic nitrogens is 2. The van der Waals surface area contributed by atoms with Crippen LogP contribution >= 0.6 is 23.2 Å². The minimum atomic E-state index is -0.854. The van der Waals surface area contributed by atoms with Gasteiger partial charge in [0.25, 0.3) is 0 Å². The third-order valence-electron chi connectivity index (χ3n) is 4.52. The van der Waals surface area contributed by atoms with Gasteiger partial charge < -0.3 is 9.47 Å². The Bertz CT molecular complexity index is 1020. The number of ether oxygens (including phenoxy) is 2. The molecule has 0 spiro atoms. The van der Waals surface area contributed by atoms with Gasteiger partial charge in [-0.1, -0.05) is 23.2 Å². The van der Waals surface area contributed by atoms with Crippen molar-refractivity contribution in [3.8, 4) is 0 Å². The van der Waals surface area contributed by atoms with Crippen molar-refractivity contribution in [3.05, 3.63) is 50.5 Å². The molecule has 1 aromatic carbocycles. The van der Waals surface area contributed by atoms with Crippen LogP contribution in [0.15, 0.2) is 12.1 Å². The Kier molecular flexibility index (Phi) is 6.77. The number of rotatable bonds is 8. The first-order chi connectivity index (χ1) is 14.3. The molecule has 0 N–H and O–H groups in total. The molecule has 0 unspecified atom stereocenters. The fraction of sp³-hybridized carbons (Fsp3) is 0.400. The number of hydrogen-bond donors (Lipinski definition) is 0. The molecule has 10 heteroatoms. The van der Waals surface area contributed by atoms with Crippen molar-refractivity contribution in [2.75, 3.05) is 13.2 Å². The zero-order valence-electron chi connectivity index (χ0n) is 16.3. The third-order valence-corrected chi connectivity index (χ3v) is 5.24. The molecule has 1 aliphatic rings. The normalized spacial score (nSPS) is 13.2. The summed E-state index contributed by atoms with van der Waals surface area (Å²) in [5, 5.41) is 4.15. The number of esters is 2. The van der Waals surface area contributed by atoms with Crippen LogP contribution in [0.1, 0.15) is 69.5 Å². The van der Waals surface area contributed by atoms with E-state index in [1.807, 2.05) is 0 Å². The lowest BCUT2D eigenvalue weighted by Gasteiger charge is -2.09. The average Bonchev–Trinajstić information content (AvgIpc) is 3.46. The molecule has 0 amide bonds. The van der Waals surface area contributed by atoms with E-state index in [0.29, 0.717) is 5.56 Å². The van der Waals surface area contributed by atoms with Gasteiger partial charge >= 0.3 is 11.9 Å². The molecule has 1 fully saturated rings. The Balaban J connectivity index is 2.06. The molecule has 1 aliphatic carbocycles. The van der Waals surface area contributed by atoms with E-state index >= 15 is 0 Å². The van der Waals surface area contributed by atoms with Crippen LogP contribution in [0.2, 0.25) is 10.0 Å². The maximum absolute atomic E-state index is 14.3.